The summed E-state index contributed by atoms with van der Waals surface area (Å²) in [5, 5.41) is 3.84. The van der Waals surface area contributed by atoms with Gasteiger partial charge in [-0.1, -0.05) is 25.3 Å². The van der Waals surface area contributed by atoms with Crippen LogP contribution in [0.3, 0.4) is 0 Å². The second-order valence-corrected chi connectivity index (χ2v) is 6.67. The number of nitrogens with zero attached hydrogens (tertiary/aromatic N) is 1. The summed E-state index contributed by atoms with van der Waals surface area (Å²) in [7, 11) is 0. The van der Waals surface area contributed by atoms with E-state index in [9.17, 15) is 0 Å². The van der Waals surface area contributed by atoms with Gasteiger partial charge in [0.25, 0.3) is 0 Å². The van der Waals surface area contributed by atoms with Gasteiger partial charge in [0.05, 0.1) is 11.8 Å². The van der Waals surface area contributed by atoms with Crippen molar-refractivity contribution < 1.29 is 4.74 Å². The number of hydrogen-bond donors (Lipinski definition) is 1. The van der Waals surface area contributed by atoms with Crippen LogP contribution in [-0.4, -0.2) is 23.7 Å². The first-order chi connectivity index (χ1) is 10.3. The van der Waals surface area contributed by atoms with E-state index in [1.165, 1.54) is 32.1 Å². The molecule has 0 aromatic carbocycles. The summed E-state index contributed by atoms with van der Waals surface area (Å²) in [5.41, 5.74) is 1.53. The van der Waals surface area contributed by atoms with E-state index in [0.29, 0.717) is 23.6 Å². The van der Waals surface area contributed by atoms with Crippen LogP contribution in [0.25, 0.3) is 0 Å². The van der Waals surface area contributed by atoms with Crippen molar-refractivity contribution in [1.82, 2.24) is 10.3 Å². The normalized spacial score (nSPS) is 29.0. The average Bonchev–Trinajstić information content (AvgIpc) is 2.55. The van der Waals surface area contributed by atoms with E-state index in [0.717, 1.165) is 18.7 Å². The van der Waals surface area contributed by atoms with Crippen molar-refractivity contribution in [2.24, 2.45) is 5.41 Å². The summed E-state index contributed by atoms with van der Waals surface area (Å²) >= 11 is 0. The first-order valence-electron chi connectivity index (χ1n) is 8.55. The lowest BCUT2D eigenvalue weighted by molar-refractivity contribution is -0.152. The van der Waals surface area contributed by atoms with E-state index < -0.39 is 0 Å². The highest BCUT2D eigenvalue weighted by molar-refractivity contribution is 5.13. The fourth-order valence-corrected chi connectivity index (χ4v) is 4.32. The maximum Gasteiger partial charge on any atom is 0.0661 e. The molecule has 3 heteroatoms. The van der Waals surface area contributed by atoms with E-state index in [4.69, 9.17) is 4.74 Å². The highest BCUT2D eigenvalue weighted by Gasteiger charge is 2.55. The van der Waals surface area contributed by atoms with Gasteiger partial charge in [0.15, 0.2) is 0 Å². The Morgan fingerprint density at radius 2 is 2.14 bits per heavy atom. The molecule has 3 rings (SSSR count). The first-order valence-corrected chi connectivity index (χ1v) is 8.55. The van der Waals surface area contributed by atoms with Gasteiger partial charge in [-0.2, -0.15) is 0 Å². The van der Waals surface area contributed by atoms with Crippen LogP contribution in [0.2, 0.25) is 0 Å². The number of hydrogen-bond acceptors (Lipinski definition) is 3. The van der Waals surface area contributed by atoms with Crippen molar-refractivity contribution in [3.63, 3.8) is 0 Å². The zero-order valence-corrected chi connectivity index (χ0v) is 13.3. The lowest BCUT2D eigenvalue weighted by atomic mass is 9.55. The van der Waals surface area contributed by atoms with E-state index in [1.54, 1.807) is 0 Å². The summed E-state index contributed by atoms with van der Waals surface area (Å²) in [5.74, 6) is 0. The largest absolute Gasteiger partial charge is 0.378 e. The predicted molar refractivity (Wildman–Crippen MR) is 85.1 cm³/mol. The topological polar surface area (TPSA) is 34.1 Å². The van der Waals surface area contributed by atoms with E-state index in [2.05, 4.69) is 36.3 Å². The Balaban J connectivity index is 1.67. The molecule has 3 unspecified atom stereocenters. The summed E-state index contributed by atoms with van der Waals surface area (Å²) in [6, 6.07) is 7.07. The van der Waals surface area contributed by atoms with Gasteiger partial charge < -0.3 is 10.1 Å². The molecule has 0 radical (unpaired) electrons. The van der Waals surface area contributed by atoms with Gasteiger partial charge in [0, 0.05) is 30.3 Å². The molecule has 1 heterocycles. The molecule has 0 saturated heterocycles. The molecule has 0 amide bonds. The predicted octanol–water partition coefficient (Wildman–Crippen LogP) is 3.86. The minimum atomic E-state index is 0.317. The summed E-state index contributed by atoms with van der Waals surface area (Å²) in [4.78, 5) is 4.49. The van der Waals surface area contributed by atoms with Crippen LogP contribution >= 0.6 is 0 Å². The Kier molecular flexibility index (Phi) is 4.60. The fourth-order valence-electron chi connectivity index (χ4n) is 4.32. The lowest BCUT2D eigenvalue weighted by Crippen LogP contribution is -2.64. The van der Waals surface area contributed by atoms with Crippen molar-refractivity contribution in [2.75, 3.05) is 6.61 Å². The zero-order chi connectivity index (χ0) is 14.7. The molecule has 0 aliphatic heterocycles. The minimum Gasteiger partial charge on any atom is -0.378 e. The molecule has 1 aromatic heterocycles. The number of nitrogens with one attached hydrogen (secondary N) is 1. The van der Waals surface area contributed by atoms with Gasteiger partial charge in [0.1, 0.15) is 0 Å². The first kappa shape index (κ1) is 15.0. The van der Waals surface area contributed by atoms with Gasteiger partial charge in [-0.05, 0) is 45.2 Å². The van der Waals surface area contributed by atoms with Crippen molar-refractivity contribution in [2.45, 2.75) is 70.6 Å². The minimum absolute atomic E-state index is 0.317. The molecule has 21 heavy (non-hydrogen) atoms. The summed E-state index contributed by atoms with van der Waals surface area (Å²) < 4.78 is 6.03. The maximum absolute atomic E-state index is 6.03. The molecule has 3 atom stereocenters. The molecule has 1 spiro atoms. The number of pyridine rings is 1. The molecule has 2 aliphatic rings. The second kappa shape index (κ2) is 6.45. The molecule has 3 nitrogen and oxygen atoms in total. The number of aromatic nitrogens is 1. The molecule has 116 valence electrons. The Bertz CT molecular complexity index is 442. The Morgan fingerprint density at radius 3 is 2.81 bits per heavy atom. The van der Waals surface area contributed by atoms with Crippen LogP contribution in [0.4, 0.5) is 0 Å². The van der Waals surface area contributed by atoms with E-state index in [1.807, 2.05) is 12.3 Å². The average molecular weight is 288 g/mol. The van der Waals surface area contributed by atoms with Gasteiger partial charge in [-0.15, -0.1) is 0 Å². The molecular weight excluding hydrogens is 260 g/mol. The molecule has 2 saturated carbocycles. The van der Waals surface area contributed by atoms with Crippen LogP contribution in [0.5, 0.6) is 0 Å². The number of rotatable bonds is 5. The molecule has 1 aromatic rings. The zero-order valence-electron chi connectivity index (χ0n) is 13.3. The SMILES string of the molecule is CCOC1CC(NC(C)c2ccccn2)C12CCCCC2. The van der Waals surface area contributed by atoms with E-state index in [-0.39, 0.29) is 0 Å². The Morgan fingerprint density at radius 1 is 1.33 bits per heavy atom. The van der Waals surface area contributed by atoms with Crippen LogP contribution in [0.1, 0.15) is 64.1 Å². The molecule has 0 bridgehead atoms. The van der Waals surface area contributed by atoms with Crippen LogP contribution in [0.15, 0.2) is 24.4 Å². The third-order valence-electron chi connectivity index (χ3n) is 5.52. The highest BCUT2D eigenvalue weighted by Crippen LogP contribution is 2.53. The lowest BCUT2D eigenvalue weighted by Gasteiger charge is -2.58. The Hall–Kier alpha value is -0.930. The summed E-state index contributed by atoms with van der Waals surface area (Å²) in [6.07, 6.45) is 10.3. The van der Waals surface area contributed by atoms with Gasteiger partial charge in [-0.3, -0.25) is 4.98 Å². The molecule has 2 aliphatic carbocycles. The standard InChI is InChI=1S/C18H28N2O/c1-3-21-17-13-16(18(17)10-6-4-7-11-18)20-14(2)15-9-5-8-12-19-15/h5,8-9,12,14,16-17,20H,3-4,6-7,10-11,13H2,1-2H3. The molecule has 1 N–H and O–H groups in total. The summed E-state index contributed by atoms with van der Waals surface area (Å²) in [6.45, 7) is 5.19. The quantitative estimate of drug-likeness (QED) is 0.893. The van der Waals surface area contributed by atoms with Crippen LogP contribution in [0, 0.1) is 5.41 Å². The van der Waals surface area contributed by atoms with Crippen LogP contribution in [-0.2, 0) is 4.74 Å². The maximum atomic E-state index is 6.03. The third kappa shape index (κ3) is 2.86. The number of ether oxygens (including phenoxy) is 1. The van der Waals surface area contributed by atoms with Gasteiger partial charge in [0.2, 0.25) is 0 Å². The van der Waals surface area contributed by atoms with Crippen molar-refractivity contribution in [3.05, 3.63) is 30.1 Å². The van der Waals surface area contributed by atoms with Gasteiger partial charge in [-0.25, -0.2) is 0 Å². The van der Waals surface area contributed by atoms with Crippen molar-refractivity contribution >= 4 is 0 Å². The van der Waals surface area contributed by atoms with Crippen LogP contribution < -0.4 is 5.32 Å². The molecule has 2 fully saturated rings. The third-order valence-corrected chi connectivity index (χ3v) is 5.52. The Labute approximate surface area is 128 Å². The van der Waals surface area contributed by atoms with Crippen molar-refractivity contribution in [1.29, 1.82) is 0 Å². The second-order valence-electron chi connectivity index (χ2n) is 6.67. The van der Waals surface area contributed by atoms with E-state index >= 15 is 0 Å². The van der Waals surface area contributed by atoms with Gasteiger partial charge >= 0.3 is 0 Å². The fraction of sp³-hybridized carbons (Fsp3) is 0.722. The van der Waals surface area contributed by atoms with Crippen molar-refractivity contribution in [3.8, 4) is 0 Å². The molecular formula is C18H28N2O. The highest BCUT2D eigenvalue weighted by atomic mass is 16.5. The monoisotopic (exact) mass is 288 g/mol. The smallest absolute Gasteiger partial charge is 0.0661 e.